The summed E-state index contributed by atoms with van der Waals surface area (Å²) in [5.41, 5.74) is 8.87. The van der Waals surface area contributed by atoms with Crippen molar-refractivity contribution in [3.63, 3.8) is 0 Å². The number of nitrogens with one attached hydrogen (secondary N) is 2. The van der Waals surface area contributed by atoms with Crippen molar-refractivity contribution in [1.82, 2.24) is 0 Å². The van der Waals surface area contributed by atoms with Gasteiger partial charge >= 0.3 is 0 Å². The lowest BCUT2D eigenvalue weighted by Crippen LogP contribution is -2.38. The zero-order valence-corrected chi connectivity index (χ0v) is 11.4. The van der Waals surface area contributed by atoms with Crippen molar-refractivity contribution in [2.24, 2.45) is 10.8 Å². The maximum absolute atomic E-state index is 11.7. The molecular weight excluding hydrogens is 272 g/mol. The molecule has 0 fully saturated rings. The second kappa shape index (κ2) is 5.92. The summed E-state index contributed by atoms with van der Waals surface area (Å²) >= 11 is 0. The van der Waals surface area contributed by atoms with Crippen LogP contribution in [0.15, 0.2) is 23.3 Å². The maximum Gasteiger partial charge on any atom is 0.265 e. The molecular formula is C13H14N6O2. The highest BCUT2D eigenvalue weighted by atomic mass is 16.5. The summed E-state index contributed by atoms with van der Waals surface area (Å²) in [4.78, 5) is 13.3. The van der Waals surface area contributed by atoms with Gasteiger partial charge in [-0.25, -0.2) is 0 Å². The minimum Gasteiger partial charge on any atom is -0.481 e. The lowest BCUT2D eigenvalue weighted by atomic mass is 10.2. The summed E-state index contributed by atoms with van der Waals surface area (Å²) in [5, 5.41) is 19.6. The van der Waals surface area contributed by atoms with E-state index in [4.69, 9.17) is 21.1 Å². The van der Waals surface area contributed by atoms with Crippen LogP contribution in [0.2, 0.25) is 0 Å². The Morgan fingerprint density at radius 1 is 1.67 bits per heavy atom. The van der Waals surface area contributed by atoms with Gasteiger partial charge in [0.05, 0.1) is 11.4 Å². The van der Waals surface area contributed by atoms with Crippen LogP contribution in [0, 0.1) is 16.7 Å². The van der Waals surface area contributed by atoms with E-state index >= 15 is 0 Å². The quantitative estimate of drug-likeness (QED) is 0.425. The average molecular weight is 286 g/mol. The van der Waals surface area contributed by atoms with E-state index in [9.17, 15) is 4.79 Å². The van der Waals surface area contributed by atoms with Crippen molar-refractivity contribution in [2.75, 3.05) is 23.5 Å². The molecule has 1 aliphatic rings. The van der Waals surface area contributed by atoms with E-state index in [-0.39, 0.29) is 18.2 Å². The molecule has 0 spiro atoms. The van der Waals surface area contributed by atoms with Crippen LogP contribution in [0.1, 0.15) is 6.92 Å². The molecule has 1 aromatic carbocycles. The largest absolute Gasteiger partial charge is 0.481 e. The fourth-order valence-corrected chi connectivity index (χ4v) is 1.89. The van der Waals surface area contributed by atoms with Gasteiger partial charge in [-0.05, 0) is 19.1 Å². The van der Waals surface area contributed by atoms with Crippen LogP contribution in [-0.4, -0.2) is 30.6 Å². The third-order valence-electron chi connectivity index (χ3n) is 2.88. The summed E-state index contributed by atoms with van der Waals surface area (Å²) in [6.07, 6.45) is 0. The smallest absolute Gasteiger partial charge is 0.265 e. The fraction of sp³-hybridized carbons (Fsp3) is 0.231. The molecule has 0 radical (unpaired) electrons. The molecule has 108 valence electrons. The second-order valence-corrected chi connectivity index (χ2v) is 4.21. The summed E-state index contributed by atoms with van der Waals surface area (Å²) in [6.45, 7) is 2.43. The van der Waals surface area contributed by atoms with Crippen LogP contribution in [0.25, 0.3) is 0 Å². The number of hydrazone groups is 1. The van der Waals surface area contributed by atoms with Gasteiger partial charge in [0.2, 0.25) is 5.71 Å². The van der Waals surface area contributed by atoms with Gasteiger partial charge in [0.15, 0.2) is 12.4 Å². The lowest BCUT2D eigenvalue weighted by molar-refractivity contribution is -0.121. The number of anilines is 2. The summed E-state index contributed by atoms with van der Waals surface area (Å²) in [7, 11) is 0. The van der Waals surface area contributed by atoms with E-state index in [0.29, 0.717) is 23.7 Å². The van der Waals surface area contributed by atoms with E-state index in [1.54, 1.807) is 29.2 Å². The van der Waals surface area contributed by atoms with Crippen molar-refractivity contribution in [3.05, 3.63) is 18.2 Å². The number of amides is 1. The Labute approximate surface area is 121 Å². The van der Waals surface area contributed by atoms with Crippen molar-refractivity contribution in [2.45, 2.75) is 6.92 Å². The molecule has 1 heterocycles. The van der Waals surface area contributed by atoms with Crippen molar-refractivity contribution in [3.8, 4) is 11.8 Å². The molecule has 0 saturated heterocycles. The third-order valence-corrected chi connectivity index (χ3v) is 2.88. The van der Waals surface area contributed by atoms with Gasteiger partial charge in [-0.2, -0.15) is 10.4 Å². The number of hydrogen-bond acceptors (Lipinski definition) is 6. The number of benzene rings is 1. The average Bonchev–Trinajstić information content (AvgIpc) is 2.47. The van der Waals surface area contributed by atoms with Crippen LogP contribution >= 0.6 is 0 Å². The van der Waals surface area contributed by atoms with Crippen molar-refractivity contribution in [1.29, 1.82) is 10.7 Å². The van der Waals surface area contributed by atoms with Crippen molar-refractivity contribution < 1.29 is 9.53 Å². The number of carbonyl (C=O) groups is 1. The molecule has 21 heavy (non-hydrogen) atoms. The van der Waals surface area contributed by atoms with E-state index in [1.165, 1.54) is 0 Å². The molecule has 0 aliphatic carbocycles. The number of amidine groups is 1. The Kier molecular flexibility index (Phi) is 4.04. The number of carbonyl (C=O) groups excluding carboxylic acids is 1. The van der Waals surface area contributed by atoms with Crippen LogP contribution in [0.4, 0.5) is 11.4 Å². The van der Waals surface area contributed by atoms with E-state index in [1.807, 2.05) is 6.92 Å². The standard InChI is InChI=1S/C13H14N6O2/c1-2-19-10-4-3-8(5-11(10)21-7-12(19)20)17-18-9(6-14)13(15)16/h3-5,17H,2,7H2,1H3,(H3,15,16)/b18-9+. The highest BCUT2D eigenvalue weighted by molar-refractivity contribution is 6.45. The molecule has 0 aromatic heterocycles. The first-order chi connectivity index (χ1) is 10.1. The molecule has 8 heteroatoms. The fourth-order valence-electron chi connectivity index (χ4n) is 1.89. The summed E-state index contributed by atoms with van der Waals surface area (Å²) in [5.74, 6) is 0.0482. The highest BCUT2D eigenvalue weighted by Crippen LogP contribution is 2.34. The predicted molar refractivity (Wildman–Crippen MR) is 78.5 cm³/mol. The molecule has 4 N–H and O–H groups in total. The molecule has 0 unspecified atom stereocenters. The number of nitrogens with zero attached hydrogens (tertiary/aromatic N) is 3. The van der Waals surface area contributed by atoms with Gasteiger partial charge < -0.3 is 15.4 Å². The molecule has 0 bridgehead atoms. The Morgan fingerprint density at radius 3 is 3.05 bits per heavy atom. The number of fused-ring (bicyclic) bond motifs is 1. The minimum atomic E-state index is -0.415. The molecule has 1 aliphatic heterocycles. The van der Waals surface area contributed by atoms with Gasteiger partial charge in [-0.3, -0.25) is 15.6 Å². The Hall–Kier alpha value is -3.08. The Bertz CT molecular complexity index is 661. The Balaban J connectivity index is 2.25. The van der Waals surface area contributed by atoms with E-state index < -0.39 is 5.84 Å². The van der Waals surface area contributed by atoms with Crippen LogP contribution in [0.3, 0.4) is 0 Å². The van der Waals surface area contributed by atoms with E-state index in [0.717, 1.165) is 0 Å². The van der Waals surface area contributed by atoms with Gasteiger partial charge in [-0.1, -0.05) is 0 Å². The number of ether oxygens (including phenoxy) is 1. The number of likely N-dealkylation sites (N-methyl/N-ethyl adjacent to an activating group) is 1. The lowest BCUT2D eigenvalue weighted by Gasteiger charge is -2.28. The number of nitrogens with two attached hydrogens (primary N) is 1. The number of rotatable bonds is 4. The van der Waals surface area contributed by atoms with Crippen molar-refractivity contribution >= 4 is 28.8 Å². The first kappa shape index (κ1) is 14.3. The Morgan fingerprint density at radius 2 is 2.43 bits per heavy atom. The first-order valence-corrected chi connectivity index (χ1v) is 6.22. The van der Waals surface area contributed by atoms with E-state index in [2.05, 4.69) is 10.5 Å². The van der Waals surface area contributed by atoms with Gasteiger partial charge in [0.25, 0.3) is 5.91 Å². The normalized spacial score (nSPS) is 14.0. The third kappa shape index (κ3) is 2.92. The number of hydrogen-bond donors (Lipinski definition) is 3. The number of nitriles is 1. The molecule has 1 amide bonds. The predicted octanol–water partition coefficient (Wildman–Crippen LogP) is 0.659. The second-order valence-electron chi connectivity index (χ2n) is 4.21. The summed E-state index contributed by atoms with van der Waals surface area (Å²) < 4.78 is 5.38. The molecule has 2 rings (SSSR count). The van der Waals surface area contributed by atoms with Gasteiger partial charge in [-0.15, -0.1) is 0 Å². The monoisotopic (exact) mass is 286 g/mol. The zero-order chi connectivity index (χ0) is 15.4. The summed E-state index contributed by atoms with van der Waals surface area (Å²) in [6, 6.07) is 6.81. The topological polar surface area (TPSA) is 128 Å². The molecule has 0 atom stereocenters. The minimum absolute atomic E-state index is 0.00947. The first-order valence-electron chi connectivity index (χ1n) is 6.22. The molecule has 8 nitrogen and oxygen atoms in total. The molecule has 0 saturated carbocycles. The zero-order valence-electron chi connectivity index (χ0n) is 11.4. The SMILES string of the molecule is CCN1C(=O)COc2cc(N/N=C(\C#N)C(=N)N)ccc21. The molecule has 1 aromatic rings. The van der Waals surface area contributed by atoms with Gasteiger partial charge in [0, 0.05) is 12.6 Å². The maximum atomic E-state index is 11.7. The van der Waals surface area contributed by atoms with Crippen LogP contribution in [0.5, 0.6) is 5.75 Å². The van der Waals surface area contributed by atoms with Gasteiger partial charge in [0.1, 0.15) is 11.8 Å². The van der Waals surface area contributed by atoms with Crippen LogP contribution < -0.4 is 20.8 Å². The highest BCUT2D eigenvalue weighted by Gasteiger charge is 2.24. The van der Waals surface area contributed by atoms with Crippen LogP contribution in [-0.2, 0) is 4.79 Å².